The maximum Gasteiger partial charge on any atom is 0.356 e. The number of hydrogen-bond donors (Lipinski definition) is 1. The monoisotopic (exact) mass is 254 g/mol. The minimum atomic E-state index is -0.592. The quantitative estimate of drug-likeness (QED) is 0.826. The summed E-state index contributed by atoms with van der Waals surface area (Å²) in [6.45, 7) is 0. The third-order valence-electron chi connectivity index (χ3n) is 1.43. The molecule has 4 nitrogen and oxygen atoms in total. The van der Waals surface area contributed by atoms with E-state index in [1.165, 1.54) is 13.3 Å². The SMILES string of the molecule is COC(=O)c1[nH]ncc1C(Cl)=C(Cl)Cl. The van der Waals surface area contributed by atoms with Crippen LogP contribution in [0.2, 0.25) is 0 Å². The summed E-state index contributed by atoms with van der Waals surface area (Å²) in [5.41, 5.74) is 0.412. The van der Waals surface area contributed by atoms with E-state index in [1.807, 2.05) is 0 Å². The van der Waals surface area contributed by atoms with Crippen molar-refractivity contribution in [2.24, 2.45) is 0 Å². The van der Waals surface area contributed by atoms with Crippen molar-refractivity contribution >= 4 is 45.8 Å². The predicted octanol–water partition coefficient (Wildman–Crippen LogP) is 2.54. The van der Waals surface area contributed by atoms with Crippen molar-refractivity contribution in [3.8, 4) is 0 Å². The molecule has 0 spiro atoms. The standard InChI is InChI=1S/C7H5Cl3N2O2/c1-14-7(13)5-3(2-11-12-5)4(8)6(9)10/h2H,1H3,(H,11,12). The Hall–Kier alpha value is -0.710. The summed E-state index contributed by atoms with van der Waals surface area (Å²) < 4.78 is 4.35. The molecule has 0 radical (unpaired) electrons. The molecular weight excluding hydrogens is 250 g/mol. The van der Waals surface area contributed by atoms with Crippen molar-refractivity contribution in [1.29, 1.82) is 0 Å². The number of esters is 1. The molecule has 0 fully saturated rings. The van der Waals surface area contributed by atoms with Gasteiger partial charge in [-0.25, -0.2) is 4.79 Å². The van der Waals surface area contributed by atoms with Crippen LogP contribution in [-0.2, 0) is 4.74 Å². The number of ether oxygens (including phenoxy) is 1. The fourth-order valence-corrected chi connectivity index (χ4v) is 1.16. The van der Waals surface area contributed by atoms with Gasteiger partial charge in [0.2, 0.25) is 0 Å². The van der Waals surface area contributed by atoms with Gasteiger partial charge in [0.25, 0.3) is 0 Å². The highest BCUT2D eigenvalue weighted by Gasteiger charge is 2.17. The minimum Gasteiger partial charge on any atom is -0.464 e. The lowest BCUT2D eigenvalue weighted by Gasteiger charge is -1.99. The second kappa shape index (κ2) is 4.68. The maximum atomic E-state index is 11.2. The van der Waals surface area contributed by atoms with Crippen LogP contribution < -0.4 is 0 Å². The highest BCUT2D eigenvalue weighted by Crippen LogP contribution is 2.29. The molecule has 0 aliphatic carbocycles. The lowest BCUT2D eigenvalue weighted by Crippen LogP contribution is -2.04. The number of halogens is 3. The summed E-state index contributed by atoms with van der Waals surface area (Å²) in [7, 11) is 1.24. The molecule has 0 saturated carbocycles. The molecule has 76 valence electrons. The predicted molar refractivity (Wildman–Crippen MR) is 54.4 cm³/mol. The van der Waals surface area contributed by atoms with Crippen LogP contribution in [-0.4, -0.2) is 23.3 Å². The van der Waals surface area contributed by atoms with Crippen LogP contribution in [0.4, 0.5) is 0 Å². The molecular formula is C7H5Cl3N2O2. The maximum absolute atomic E-state index is 11.2. The molecule has 0 bridgehead atoms. The Balaban J connectivity index is 3.18. The smallest absolute Gasteiger partial charge is 0.356 e. The summed E-state index contributed by atoms with van der Waals surface area (Å²) in [5, 5.41) is 6.11. The molecule has 0 aliphatic heterocycles. The Morgan fingerprint density at radius 2 is 2.14 bits per heavy atom. The van der Waals surface area contributed by atoms with E-state index in [0.717, 1.165) is 0 Å². The Kier molecular flexibility index (Phi) is 3.80. The van der Waals surface area contributed by atoms with E-state index in [4.69, 9.17) is 34.8 Å². The Labute approximate surface area is 94.8 Å². The van der Waals surface area contributed by atoms with Crippen molar-refractivity contribution in [2.75, 3.05) is 7.11 Å². The highest BCUT2D eigenvalue weighted by molar-refractivity contribution is 6.67. The first-order chi connectivity index (χ1) is 6.57. The van der Waals surface area contributed by atoms with Crippen molar-refractivity contribution in [1.82, 2.24) is 10.2 Å². The lowest BCUT2D eigenvalue weighted by molar-refractivity contribution is 0.0593. The average molecular weight is 255 g/mol. The van der Waals surface area contributed by atoms with Crippen LogP contribution in [0, 0.1) is 0 Å². The van der Waals surface area contributed by atoms with Crippen LogP contribution in [0.25, 0.3) is 5.03 Å². The Morgan fingerprint density at radius 1 is 1.50 bits per heavy atom. The second-order valence-corrected chi connectivity index (χ2v) is 3.55. The summed E-state index contributed by atoms with van der Waals surface area (Å²) in [5.74, 6) is -0.592. The van der Waals surface area contributed by atoms with Gasteiger partial charge in [-0.15, -0.1) is 0 Å². The van der Waals surface area contributed by atoms with Crippen molar-refractivity contribution in [3.63, 3.8) is 0 Å². The molecule has 1 rings (SSSR count). The lowest BCUT2D eigenvalue weighted by atomic mass is 10.2. The van der Waals surface area contributed by atoms with Gasteiger partial charge in [-0.2, -0.15) is 5.10 Å². The number of H-pyrrole nitrogens is 1. The zero-order valence-electron chi connectivity index (χ0n) is 6.97. The van der Waals surface area contributed by atoms with E-state index in [9.17, 15) is 4.79 Å². The van der Waals surface area contributed by atoms with Gasteiger partial charge >= 0.3 is 5.97 Å². The van der Waals surface area contributed by atoms with Crippen molar-refractivity contribution < 1.29 is 9.53 Å². The van der Waals surface area contributed by atoms with Crippen LogP contribution in [0.5, 0.6) is 0 Å². The summed E-state index contributed by atoms with van der Waals surface area (Å²) >= 11 is 16.7. The van der Waals surface area contributed by atoms with E-state index < -0.39 is 5.97 Å². The van der Waals surface area contributed by atoms with E-state index in [0.29, 0.717) is 5.56 Å². The van der Waals surface area contributed by atoms with Crippen molar-refractivity contribution in [3.05, 3.63) is 21.9 Å². The van der Waals surface area contributed by atoms with Crippen LogP contribution in [0.15, 0.2) is 10.7 Å². The molecule has 0 unspecified atom stereocenters. The highest BCUT2D eigenvalue weighted by atomic mass is 35.5. The molecule has 1 N–H and O–H groups in total. The van der Waals surface area contributed by atoms with Gasteiger partial charge in [0.1, 0.15) is 4.49 Å². The normalized spacial score (nSPS) is 9.71. The number of methoxy groups -OCH3 is 1. The number of nitrogens with one attached hydrogen (secondary N) is 1. The Bertz CT molecular complexity index is 382. The first kappa shape index (κ1) is 11.4. The number of carbonyl (C=O) groups is 1. The van der Waals surface area contributed by atoms with Crippen LogP contribution >= 0.6 is 34.8 Å². The molecule has 0 atom stereocenters. The first-order valence-corrected chi connectivity index (χ1v) is 4.54. The molecule has 1 aromatic rings. The minimum absolute atomic E-state index is 0.0440. The van der Waals surface area contributed by atoms with Gasteiger partial charge in [0.05, 0.1) is 18.3 Å². The number of rotatable bonds is 2. The van der Waals surface area contributed by atoms with E-state index in [-0.39, 0.29) is 15.2 Å². The van der Waals surface area contributed by atoms with Crippen molar-refractivity contribution in [2.45, 2.75) is 0 Å². The fourth-order valence-electron chi connectivity index (χ4n) is 0.812. The molecule has 1 aromatic heterocycles. The molecule has 0 aromatic carbocycles. The zero-order chi connectivity index (χ0) is 10.7. The van der Waals surface area contributed by atoms with E-state index >= 15 is 0 Å². The molecule has 0 aliphatic rings. The van der Waals surface area contributed by atoms with Crippen LogP contribution in [0.3, 0.4) is 0 Å². The first-order valence-electron chi connectivity index (χ1n) is 3.40. The van der Waals surface area contributed by atoms with Gasteiger partial charge in [0.15, 0.2) is 5.69 Å². The van der Waals surface area contributed by atoms with E-state index in [1.54, 1.807) is 0 Å². The molecule has 7 heteroatoms. The molecule has 0 amide bonds. The molecule has 14 heavy (non-hydrogen) atoms. The third-order valence-corrected chi connectivity index (χ3v) is 2.40. The number of carbonyl (C=O) groups excluding carboxylic acids is 1. The number of aromatic nitrogens is 2. The average Bonchev–Trinajstić information content (AvgIpc) is 2.63. The molecule has 0 saturated heterocycles. The van der Waals surface area contributed by atoms with Gasteiger partial charge in [-0.3, -0.25) is 5.10 Å². The number of hydrogen-bond acceptors (Lipinski definition) is 3. The van der Waals surface area contributed by atoms with Gasteiger partial charge in [-0.05, 0) is 0 Å². The topological polar surface area (TPSA) is 55.0 Å². The number of aromatic amines is 1. The second-order valence-electron chi connectivity index (χ2n) is 2.22. The summed E-state index contributed by atoms with van der Waals surface area (Å²) in [4.78, 5) is 11.2. The van der Waals surface area contributed by atoms with Gasteiger partial charge < -0.3 is 4.74 Å². The Morgan fingerprint density at radius 3 is 2.64 bits per heavy atom. The van der Waals surface area contributed by atoms with Gasteiger partial charge in [-0.1, -0.05) is 34.8 Å². The summed E-state index contributed by atoms with van der Waals surface area (Å²) in [6.07, 6.45) is 1.33. The third kappa shape index (κ3) is 2.20. The largest absolute Gasteiger partial charge is 0.464 e. The van der Waals surface area contributed by atoms with E-state index in [2.05, 4.69) is 14.9 Å². The fraction of sp³-hybridized carbons (Fsp3) is 0.143. The van der Waals surface area contributed by atoms with Crippen LogP contribution in [0.1, 0.15) is 16.1 Å². The molecule has 1 heterocycles. The number of nitrogens with zero attached hydrogens (tertiary/aromatic N) is 1. The van der Waals surface area contributed by atoms with Gasteiger partial charge in [0, 0.05) is 5.56 Å². The zero-order valence-corrected chi connectivity index (χ0v) is 9.24. The summed E-state index contributed by atoms with van der Waals surface area (Å²) in [6, 6.07) is 0.